The molecule has 0 aliphatic rings. The van der Waals surface area contributed by atoms with E-state index in [0.717, 1.165) is 5.39 Å². The average molecular weight is 369 g/mol. The number of aromatic nitrogens is 2. The Morgan fingerprint density at radius 3 is 2.39 bits per heavy atom. The number of phenolic OH excluding ortho intramolecular Hbond substituents is 1. The maximum Gasteiger partial charge on any atom is 0.268 e. The van der Waals surface area contributed by atoms with Crippen LogP contribution in [0.5, 0.6) is 5.75 Å². The fourth-order valence-corrected chi connectivity index (χ4v) is 2.78. The highest BCUT2D eigenvalue weighted by Gasteiger charge is 2.19. The van der Waals surface area contributed by atoms with Crippen molar-refractivity contribution in [3.63, 3.8) is 0 Å². The summed E-state index contributed by atoms with van der Waals surface area (Å²) in [5.74, 6) is -0.537. The molecule has 7 heteroatoms. The second-order valence-electron chi connectivity index (χ2n) is 5.91. The average Bonchev–Trinajstić information content (AvgIpc) is 2.73. The first-order chi connectivity index (χ1) is 13.7. The van der Waals surface area contributed by atoms with Crippen molar-refractivity contribution in [2.45, 2.75) is 0 Å². The van der Waals surface area contributed by atoms with E-state index < -0.39 is 5.91 Å². The number of fused-ring (bicyclic) bond motifs is 1. The van der Waals surface area contributed by atoms with Crippen molar-refractivity contribution >= 4 is 34.0 Å². The van der Waals surface area contributed by atoms with E-state index in [0.29, 0.717) is 11.1 Å². The zero-order valence-corrected chi connectivity index (χ0v) is 14.6. The van der Waals surface area contributed by atoms with Crippen molar-refractivity contribution in [1.82, 2.24) is 9.97 Å². The molecule has 1 heterocycles. The molecule has 0 fully saturated rings. The molecule has 2 N–H and O–H groups in total. The summed E-state index contributed by atoms with van der Waals surface area (Å²) in [6, 6.07) is 19.6. The molecule has 4 aromatic rings. The molecule has 1 aromatic heterocycles. The third kappa shape index (κ3) is 3.54. The van der Waals surface area contributed by atoms with Gasteiger partial charge in [0.1, 0.15) is 5.69 Å². The summed E-state index contributed by atoms with van der Waals surface area (Å²) < 4.78 is 0. The molecule has 0 aliphatic heterocycles. The van der Waals surface area contributed by atoms with E-state index in [2.05, 4.69) is 25.5 Å². The van der Waals surface area contributed by atoms with Crippen LogP contribution in [0.2, 0.25) is 0 Å². The van der Waals surface area contributed by atoms with Crippen LogP contribution in [-0.2, 0) is 0 Å². The number of azo groups is 1. The van der Waals surface area contributed by atoms with Gasteiger partial charge in [-0.3, -0.25) is 4.79 Å². The third-order valence-corrected chi connectivity index (χ3v) is 4.06. The number of nitrogens with zero attached hydrogens (tertiary/aromatic N) is 4. The van der Waals surface area contributed by atoms with E-state index in [-0.39, 0.29) is 22.9 Å². The van der Waals surface area contributed by atoms with Crippen molar-refractivity contribution in [1.29, 1.82) is 0 Å². The number of hydrogen-bond donors (Lipinski definition) is 2. The summed E-state index contributed by atoms with van der Waals surface area (Å²) in [6.07, 6.45) is 3.08. The normalized spacial score (nSPS) is 11.0. The van der Waals surface area contributed by atoms with Crippen LogP contribution in [0.15, 0.2) is 89.4 Å². The highest BCUT2D eigenvalue weighted by atomic mass is 16.3. The SMILES string of the molecule is O=C(Nc1ccccc1)c1c(O)c(N=Nc2ncccn2)cc2ccccc12. The summed E-state index contributed by atoms with van der Waals surface area (Å²) in [4.78, 5) is 20.8. The molecule has 0 saturated heterocycles. The lowest BCUT2D eigenvalue weighted by Crippen LogP contribution is -2.12. The number of nitrogens with one attached hydrogen (secondary N) is 1. The second kappa shape index (κ2) is 7.63. The van der Waals surface area contributed by atoms with Crippen molar-refractivity contribution < 1.29 is 9.90 Å². The lowest BCUT2D eigenvalue weighted by Gasteiger charge is -2.11. The standard InChI is InChI=1S/C21H15N5O2/c27-19-17(25-26-21-22-11-6-12-23-21)13-14-7-4-5-10-16(14)18(19)20(28)24-15-8-2-1-3-9-15/h1-13,27H,(H,24,28). The zero-order chi connectivity index (χ0) is 19.3. The van der Waals surface area contributed by atoms with Crippen molar-refractivity contribution in [2.24, 2.45) is 10.2 Å². The highest BCUT2D eigenvalue weighted by molar-refractivity contribution is 6.16. The number of carbonyl (C=O) groups is 1. The number of amides is 1. The van der Waals surface area contributed by atoms with E-state index >= 15 is 0 Å². The van der Waals surface area contributed by atoms with Crippen LogP contribution in [0, 0.1) is 0 Å². The number of carbonyl (C=O) groups excluding carboxylic acids is 1. The molecule has 136 valence electrons. The van der Waals surface area contributed by atoms with Gasteiger partial charge < -0.3 is 10.4 Å². The predicted molar refractivity (Wildman–Crippen MR) is 106 cm³/mol. The molecule has 0 radical (unpaired) electrons. The second-order valence-corrected chi connectivity index (χ2v) is 5.91. The van der Waals surface area contributed by atoms with E-state index in [1.807, 2.05) is 30.3 Å². The molecule has 0 saturated carbocycles. The number of benzene rings is 3. The smallest absolute Gasteiger partial charge is 0.268 e. The van der Waals surface area contributed by atoms with E-state index in [4.69, 9.17) is 0 Å². The summed E-state index contributed by atoms with van der Waals surface area (Å²) in [5, 5.41) is 22.9. The van der Waals surface area contributed by atoms with E-state index in [1.165, 1.54) is 0 Å². The van der Waals surface area contributed by atoms with Gasteiger partial charge in [0.25, 0.3) is 11.9 Å². The van der Waals surface area contributed by atoms with Crippen LogP contribution in [0.25, 0.3) is 10.8 Å². The Morgan fingerprint density at radius 1 is 0.893 bits per heavy atom. The maximum absolute atomic E-state index is 12.9. The number of para-hydroxylation sites is 1. The molecular weight excluding hydrogens is 354 g/mol. The first-order valence-corrected chi connectivity index (χ1v) is 8.52. The van der Waals surface area contributed by atoms with E-state index in [1.54, 1.807) is 48.8 Å². The van der Waals surface area contributed by atoms with Gasteiger partial charge in [0, 0.05) is 18.1 Å². The van der Waals surface area contributed by atoms with Crippen LogP contribution >= 0.6 is 0 Å². The maximum atomic E-state index is 12.9. The predicted octanol–water partition coefficient (Wildman–Crippen LogP) is 5.00. The lowest BCUT2D eigenvalue weighted by molar-refractivity contribution is 0.102. The van der Waals surface area contributed by atoms with Crippen LogP contribution in [0.1, 0.15) is 10.4 Å². The molecule has 0 atom stereocenters. The van der Waals surface area contributed by atoms with Gasteiger partial charge in [-0.25, -0.2) is 9.97 Å². The molecule has 4 rings (SSSR count). The Bertz CT molecular complexity index is 1160. The van der Waals surface area contributed by atoms with Crippen LogP contribution in [-0.4, -0.2) is 21.0 Å². The number of rotatable bonds is 4. The number of aromatic hydroxyl groups is 1. The Hall–Kier alpha value is -4.13. The summed E-state index contributed by atoms with van der Waals surface area (Å²) in [7, 11) is 0. The van der Waals surface area contributed by atoms with Gasteiger partial charge in [-0.05, 0) is 35.0 Å². The minimum absolute atomic E-state index is 0.130. The Morgan fingerprint density at radius 2 is 1.61 bits per heavy atom. The Balaban J connectivity index is 1.79. The van der Waals surface area contributed by atoms with Gasteiger partial charge in [-0.2, -0.15) is 0 Å². The van der Waals surface area contributed by atoms with Crippen molar-refractivity contribution in [2.75, 3.05) is 5.32 Å². The first kappa shape index (κ1) is 17.3. The van der Waals surface area contributed by atoms with Gasteiger partial charge >= 0.3 is 0 Å². The fraction of sp³-hybridized carbons (Fsp3) is 0. The first-order valence-electron chi connectivity index (χ1n) is 8.52. The van der Waals surface area contributed by atoms with Gasteiger partial charge in [0.05, 0.1) is 5.56 Å². The molecule has 28 heavy (non-hydrogen) atoms. The topological polar surface area (TPSA) is 99.8 Å². The molecular formula is C21H15N5O2. The Kier molecular flexibility index (Phi) is 4.71. The molecule has 3 aromatic carbocycles. The zero-order valence-electron chi connectivity index (χ0n) is 14.6. The fourth-order valence-electron chi connectivity index (χ4n) is 2.78. The molecule has 0 unspecified atom stereocenters. The van der Waals surface area contributed by atoms with Gasteiger partial charge in [0.2, 0.25) is 0 Å². The van der Waals surface area contributed by atoms with Crippen molar-refractivity contribution in [3.8, 4) is 5.75 Å². The van der Waals surface area contributed by atoms with Crippen LogP contribution in [0.3, 0.4) is 0 Å². The molecule has 1 amide bonds. The van der Waals surface area contributed by atoms with Crippen molar-refractivity contribution in [3.05, 3.63) is 84.7 Å². The lowest BCUT2D eigenvalue weighted by atomic mass is 10.0. The Labute approximate surface area is 160 Å². The number of anilines is 1. The quantitative estimate of drug-likeness (QED) is 0.494. The molecule has 0 bridgehead atoms. The van der Waals surface area contributed by atoms with E-state index in [9.17, 15) is 9.90 Å². The number of hydrogen-bond acceptors (Lipinski definition) is 6. The summed E-state index contributed by atoms with van der Waals surface area (Å²) >= 11 is 0. The minimum atomic E-state index is -0.437. The van der Waals surface area contributed by atoms with Gasteiger partial charge in [-0.1, -0.05) is 42.5 Å². The van der Waals surface area contributed by atoms with Crippen LogP contribution in [0.4, 0.5) is 17.3 Å². The van der Waals surface area contributed by atoms with Gasteiger partial charge in [-0.15, -0.1) is 10.2 Å². The highest BCUT2D eigenvalue weighted by Crippen LogP contribution is 2.37. The third-order valence-electron chi connectivity index (χ3n) is 4.06. The number of phenols is 1. The summed E-state index contributed by atoms with van der Waals surface area (Å²) in [6.45, 7) is 0. The van der Waals surface area contributed by atoms with Gasteiger partial charge in [0.15, 0.2) is 5.75 Å². The summed E-state index contributed by atoms with van der Waals surface area (Å²) in [5.41, 5.74) is 0.912. The largest absolute Gasteiger partial charge is 0.505 e. The molecule has 0 aliphatic carbocycles. The molecule has 7 nitrogen and oxygen atoms in total. The molecule has 0 spiro atoms. The minimum Gasteiger partial charge on any atom is -0.505 e. The van der Waals surface area contributed by atoms with Crippen LogP contribution < -0.4 is 5.32 Å². The monoisotopic (exact) mass is 369 g/mol.